The lowest BCUT2D eigenvalue weighted by Crippen LogP contribution is -2.34. The predicted octanol–water partition coefficient (Wildman–Crippen LogP) is 1.56. The van der Waals surface area contributed by atoms with Gasteiger partial charge in [-0.1, -0.05) is 48.5 Å². The van der Waals surface area contributed by atoms with Gasteiger partial charge < -0.3 is 10.4 Å². The van der Waals surface area contributed by atoms with Gasteiger partial charge in [0.2, 0.25) is 0 Å². The zero-order valence-corrected chi connectivity index (χ0v) is 13.8. The Morgan fingerprint density at radius 2 is 1.76 bits per heavy atom. The Kier molecular flexibility index (Phi) is 4.90. The van der Waals surface area contributed by atoms with E-state index in [0.717, 1.165) is 5.56 Å². The maximum absolute atomic E-state index is 12.7. The summed E-state index contributed by atoms with van der Waals surface area (Å²) in [6.07, 6.45) is -0.662. The van der Waals surface area contributed by atoms with Gasteiger partial charge >= 0.3 is 0 Å². The lowest BCUT2D eigenvalue weighted by Gasteiger charge is -2.12. The third-order valence-corrected chi connectivity index (χ3v) is 3.82. The van der Waals surface area contributed by atoms with Gasteiger partial charge in [-0.2, -0.15) is 5.10 Å². The first-order valence-corrected chi connectivity index (χ1v) is 8.06. The van der Waals surface area contributed by atoms with E-state index in [2.05, 4.69) is 10.4 Å². The molecule has 1 amide bonds. The van der Waals surface area contributed by atoms with E-state index in [1.165, 1.54) is 4.68 Å². The maximum atomic E-state index is 12.7. The minimum absolute atomic E-state index is 0.118. The molecule has 0 saturated heterocycles. The van der Waals surface area contributed by atoms with Gasteiger partial charge in [0.1, 0.15) is 0 Å². The molecule has 128 valence electrons. The summed E-state index contributed by atoms with van der Waals surface area (Å²) in [5.41, 5.74) is 0.848. The zero-order chi connectivity index (χ0) is 17.8. The van der Waals surface area contributed by atoms with Crippen molar-refractivity contribution in [1.82, 2.24) is 15.1 Å². The monoisotopic (exact) mass is 337 g/mol. The molecule has 1 unspecified atom stereocenters. The molecule has 0 spiro atoms. The molecule has 25 heavy (non-hydrogen) atoms. The van der Waals surface area contributed by atoms with Crippen LogP contribution < -0.4 is 10.9 Å². The Labute approximate surface area is 144 Å². The van der Waals surface area contributed by atoms with Crippen LogP contribution in [0.25, 0.3) is 10.8 Å². The first-order valence-electron chi connectivity index (χ1n) is 8.06. The van der Waals surface area contributed by atoms with Crippen LogP contribution in [0.3, 0.4) is 0 Å². The van der Waals surface area contributed by atoms with Crippen molar-refractivity contribution in [3.05, 3.63) is 76.2 Å². The molecule has 6 nitrogen and oxygen atoms in total. The third-order valence-electron chi connectivity index (χ3n) is 3.82. The molecular formula is C19H19N3O3. The molecule has 0 radical (unpaired) electrons. The number of carbonyl (C=O) groups excluding carboxylic acids is 1. The second-order valence-corrected chi connectivity index (χ2v) is 5.90. The summed E-state index contributed by atoms with van der Waals surface area (Å²) in [4.78, 5) is 25.2. The van der Waals surface area contributed by atoms with E-state index in [9.17, 15) is 14.7 Å². The topological polar surface area (TPSA) is 84.2 Å². The molecule has 3 rings (SSSR count). The first-order chi connectivity index (χ1) is 12.1. The molecule has 2 aromatic carbocycles. The Morgan fingerprint density at radius 3 is 2.44 bits per heavy atom. The maximum Gasteiger partial charge on any atom is 0.274 e. The Balaban J connectivity index is 2.07. The minimum Gasteiger partial charge on any atom is -0.392 e. The van der Waals surface area contributed by atoms with Crippen LogP contribution in [0, 0.1) is 0 Å². The standard InChI is InChI=1S/C19H19N3O3/c1-13(23)11-20-18(24)17-15-9-5-6-10-16(15)19(25)22(21-17)12-14-7-3-2-4-8-14/h2-10,13,23H,11-12H2,1H3,(H,20,24). The summed E-state index contributed by atoms with van der Waals surface area (Å²) >= 11 is 0. The summed E-state index contributed by atoms with van der Waals surface area (Å²) < 4.78 is 1.30. The third kappa shape index (κ3) is 3.75. The van der Waals surface area contributed by atoms with Gasteiger partial charge in [0.05, 0.1) is 18.0 Å². The smallest absolute Gasteiger partial charge is 0.274 e. The Hall–Kier alpha value is -2.99. The van der Waals surface area contributed by atoms with Crippen molar-refractivity contribution in [2.45, 2.75) is 19.6 Å². The van der Waals surface area contributed by atoms with E-state index >= 15 is 0 Å². The average Bonchev–Trinajstić information content (AvgIpc) is 2.63. The van der Waals surface area contributed by atoms with E-state index in [1.54, 1.807) is 31.2 Å². The molecule has 0 aliphatic heterocycles. The molecule has 2 N–H and O–H groups in total. The number of aromatic nitrogens is 2. The first kappa shape index (κ1) is 16.9. The zero-order valence-electron chi connectivity index (χ0n) is 13.8. The number of nitrogens with one attached hydrogen (secondary N) is 1. The number of aliphatic hydroxyl groups is 1. The van der Waals surface area contributed by atoms with Gasteiger partial charge in [-0.05, 0) is 18.6 Å². The van der Waals surface area contributed by atoms with Crippen molar-refractivity contribution in [3.63, 3.8) is 0 Å². The molecule has 1 atom stereocenters. The quantitative estimate of drug-likeness (QED) is 0.740. The lowest BCUT2D eigenvalue weighted by atomic mass is 10.1. The highest BCUT2D eigenvalue weighted by Crippen LogP contribution is 2.14. The second kappa shape index (κ2) is 7.27. The van der Waals surface area contributed by atoms with Crippen LogP contribution in [0.1, 0.15) is 23.0 Å². The van der Waals surface area contributed by atoms with Gasteiger partial charge in [0.15, 0.2) is 5.69 Å². The van der Waals surface area contributed by atoms with E-state index in [-0.39, 0.29) is 24.3 Å². The van der Waals surface area contributed by atoms with Crippen LogP contribution >= 0.6 is 0 Å². The molecule has 3 aromatic rings. The predicted molar refractivity (Wildman–Crippen MR) is 95.6 cm³/mol. The average molecular weight is 337 g/mol. The molecule has 6 heteroatoms. The number of carbonyl (C=O) groups is 1. The van der Waals surface area contributed by atoms with Crippen LogP contribution in [0.4, 0.5) is 0 Å². The molecule has 1 aromatic heterocycles. The van der Waals surface area contributed by atoms with Crippen LogP contribution in [0.5, 0.6) is 0 Å². The number of hydrogen-bond acceptors (Lipinski definition) is 4. The largest absolute Gasteiger partial charge is 0.392 e. The van der Waals surface area contributed by atoms with Crippen LogP contribution in [0.2, 0.25) is 0 Å². The summed E-state index contributed by atoms with van der Waals surface area (Å²) in [6.45, 7) is 1.98. The molecule has 0 fully saturated rings. The fraction of sp³-hybridized carbons (Fsp3) is 0.211. The molecule has 0 saturated carbocycles. The van der Waals surface area contributed by atoms with E-state index in [1.807, 2.05) is 30.3 Å². The van der Waals surface area contributed by atoms with Crippen molar-refractivity contribution < 1.29 is 9.90 Å². The highest BCUT2D eigenvalue weighted by molar-refractivity contribution is 6.04. The molecule has 0 aliphatic carbocycles. The van der Waals surface area contributed by atoms with Crippen molar-refractivity contribution in [2.24, 2.45) is 0 Å². The Bertz CT molecular complexity index is 949. The van der Waals surface area contributed by atoms with E-state index < -0.39 is 12.0 Å². The van der Waals surface area contributed by atoms with Gasteiger partial charge in [0.25, 0.3) is 11.5 Å². The fourth-order valence-corrected chi connectivity index (χ4v) is 2.59. The number of fused-ring (bicyclic) bond motifs is 1. The van der Waals surface area contributed by atoms with Crippen molar-refractivity contribution in [1.29, 1.82) is 0 Å². The molecule has 0 aliphatic rings. The summed E-state index contributed by atoms with van der Waals surface area (Å²) in [7, 11) is 0. The summed E-state index contributed by atoms with van der Waals surface area (Å²) in [6, 6.07) is 16.4. The molecular weight excluding hydrogens is 318 g/mol. The number of hydrogen-bond donors (Lipinski definition) is 2. The SMILES string of the molecule is CC(O)CNC(=O)c1nn(Cc2ccccc2)c(=O)c2ccccc12. The summed E-state index contributed by atoms with van der Waals surface area (Å²) in [5.74, 6) is -0.418. The highest BCUT2D eigenvalue weighted by atomic mass is 16.3. The number of nitrogens with zero attached hydrogens (tertiary/aromatic N) is 2. The van der Waals surface area contributed by atoms with Gasteiger partial charge in [0, 0.05) is 11.9 Å². The number of amides is 1. The van der Waals surface area contributed by atoms with Gasteiger partial charge in [-0.25, -0.2) is 4.68 Å². The number of aliphatic hydroxyl groups excluding tert-OH is 1. The normalized spacial score (nSPS) is 12.1. The number of rotatable bonds is 5. The van der Waals surface area contributed by atoms with E-state index in [4.69, 9.17) is 0 Å². The minimum atomic E-state index is -0.662. The molecule has 1 heterocycles. The Morgan fingerprint density at radius 1 is 1.12 bits per heavy atom. The molecule has 0 bridgehead atoms. The van der Waals surface area contributed by atoms with Crippen molar-refractivity contribution >= 4 is 16.7 Å². The van der Waals surface area contributed by atoms with Crippen molar-refractivity contribution in [3.8, 4) is 0 Å². The van der Waals surface area contributed by atoms with Gasteiger partial charge in [-0.3, -0.25) is 9.59 Å². The van der Waals surface area contributed by atoms with Crippen LogP contribution in [-0.2, 0) is 6.54 Å². The number of benzene rings is 2. The van der Waals surface area contributed by atoms with Crippen LogP contribution in [0.15, 0.2) is 59.4 Å². The fourth-order valence-electron chi connectivity index (χ4n) is 2.59. The highest BCUT2D eigenvalue weighted by Gasteiger charge is 2.17. The van der Waals surface area contributed by atoms with Crippen molar-refractivity contribution in [2.75, 3.05) is 6.54 Å². The van der Waals surface area contributed by atoms with Gasteiger partial charge in [-0.15, -0.1) is 0 Å². The van der Waals surface area contributed by atoms with E-state index in [0.29, 0.717) is 10.8 Å². The van der Waals surface area contributed by atoms with Crippen LogP contribution in [-0.4, -0.2) is 33.4 Å². The second-order valence-electron chi connectivity index (χ2n) is 5.90. The summed E-state index contributed by atoms with van der Waals surface area (Å²) in [5, 5.41) is 17.2. The lowest BCUT2D eigenvalue weighted by molar-refractivity contribution is 0.0918.